The first-order valence-corrected chi connectivity index (χ1v) is 10.7. The summed E-state index contributed by atoms with van der Waals surface area (Å²) in [5.41, 5.74) is 3.07. The van der Waals surface area contributed by atoms with Gasteiger partial charge in [0.1, 0.15) is 5.75 Å². The molecule has 2 aliphatic rings. The number of methoxy groups -OCH3 is 1. The number of piperidine rings is 1. The summed E-state index contributed by atoms with van der Waals surface area (Å²) < 4.78 is 5.26. The monoisotopic (exact) mass is 410 g/mol. The first-order chi connectivity index (χ1) is 14.5. The van der Waals surface area contributed by atoms with Crippen molar-refractivity contribution >= 4 is 11.4 Å². The number of nitro benzene ring substituents is 1. The third-order valence-corrected chi connectivity index (χ3v) is 6.45. The lowest BCUT2D eigenvalue weighted by molar-refractivity contribution is -0.384. The number of benzene rings is 2. The van der Waals surface area contributed by atoms with Crippen LogP contribution in [0.5, 0.6) is 5.75 Å². The number of nitrogens with zero attached hydrogens (tertiary/aromatic N) is 4. The van der Waals surface area contributed by atoms with Crippen molar-refractivity contribution in [3.05, 3.63) is 52.6 Å². The fourth-order valence-electron chi connectivity index (χ4n) is 4.57. The summed E-state index contributed by atoms with van der Waals surface area (Å²) in [4.78, 5) is 18.5. The maximum atomic E-state index is 11.4. The summed E-state index contributed by atoms with van der Waals surface area (Å²) >= 11 is 0. The molecule has 0 radical (unpaired) electrons. The van der Waals surface area contributed by atoms with Crippen LogP contribution in [0.1, 0.15) is 12.8 Å². The van der Waals surface area contributed by atoms with E-state index in [4.69, 9.17) is 4.74 Å². The number of anilines is 1. The summed E-state index contributed by atoms with van der Waals surface area (Å²) in [7, 11) is 3.83. The normalized spacial score (nSPS) is 19.1. The van der Waals surface area contributed by atoms with E-state index in [0.29, 0.717) is 6.04 Å². The van der Waals surface area contributed by atoms with Gasteiger partial charge in [-0.3, -0.25) is 15.0 Å². The Kier molecular flexibility index (Phi) is 6.20. The van der Waals surface area contributed by atoms with Crippen LogP contribution in [0, 0.1) is 10.1 Å². The molecular formula is C23H30N4O3. The third kappa shape index (κ3) is 4.42. The molecule has 30 heavy (non-hydrogen) atoms. The number of nitro groups is 1. The fraction of sp³-hybridized carbons (Fsp3) is 0.478. The third-order valence-electron chi connectivity index (χ3n) is 6.45. The Morgan fingerprint density at radius 2 is 1.63 bits per heavy atom. The SMILES string of the molecule is COc1ccc(-c2cc([N+](=O)[O-])ccc2N2CCC(N3CCN(C)CC3)CC2)cc1. The van der Waals surface area contributed by atoms with Crippen LogP contribution in [0.25, 0.3) is 11.1 Å². The van der Waals surface area contributed by atoms with Gasteiger partial charge in [-0.05, 0) is 43.7 Å². The Balaban J connectivity index is 1.54. The van der Waals surface area contributed by atoms with Gasteiger partial charge in [0, 0.05) is 68.7 Å². The van der Waals surface area contributed by atoms with Crippen molar-refractivity contribution < 1.29 is 9.66 Å². The van der Waals surface area contributed by atoms with Crippen molar-refractivity contribution in [2.75, 3.05) is 58.3 Å². The molecule has 0 N–H and O–H groups in total. The summed E-state index contributed by atoms with van der Waals surface area (Å²) in [6, 6.07) is 13.6. The van der Waals surface area contributed by atoms with Crippen LogP contribution in [0.4, 0.5) is 11.4 Å². The zero-order chi connectivity index (χ0) is 21.1. The molecule has 0 unspecified atom stereocenters. The predicted molar refractivity (Wildman–Crippen MR) is 119 cm³/mol. The Labute approximate surface area is 178 Å². The highest BCUT2D eigenvalue weighted by molar-refractivity contribution is 5.81. The molecule has 4 rings (SSSR count). The lowest BCUT2D eigenvalue weighted by Crippen LogP contribution is -2.52. The quantitative estimate of drug-likeness (QED) is 0.556. The van der Waals surface area contributed by atoms with Crippen molar-refractivity contribution in [1.82, 2.24) is 9.80 Å². The minimum absolute atomic E-state index is 0.122. The number of hydrogen-bond donors (Lipinski definition) is 0. The van der Waals surface area contributed by atoms with Crippen LogP contribution in [-0.4, -0.2) is 74.2 Å². The molecule has 0 atom stereocenters. The van der Waals surface area contributed by atoms with E-state index in [1.807, 2.05) is 30.3 Å². The van der Waals surface area contributed by atoms with Gasteiger partial charge in [-0.1, -0.05) is 12.1 Å². The van der Waals surface area contributed by atoms with Crippen LogP contribution in [0.2, 0.25) is 0 Å². The van der Waals surface area contributed by atoms with Gasteiger partial charge in [0.15, 0.2) is 0 Å². The van der Waals surface area contributed by atoms with Gasteiger partial charge in [0.25, 0.3) is 5.69 Å². The van der Waals surface area contributed by atoms with Crippen LogP contribution in [0.3, 0.4) is 0 Å². The van der Waals surface area contributed by atoms with Crippen LogP contribution in [-0.2, 0) is 0 Å². The smallest absolute Gasteiger partial charge is 0.270 e. The first-order valence-electron chi connectivity index (χ1n) is 10.7. The Bertz CT molecular complexity index is 871. The number of rotatable bonds is 5. The van der Waals surface area contributed by atoms with Crippen molar-refractivity contribution in [2.45, 2.75) is 18.9 Å². The molecule has 2 fully saturated rings. The van der Waals surface area contributed by atoms with E-state index in [9.17, 15) is 10.1 Å². The molecule has 2 heterocycles. The molecule has 160 valence electrons. The first kappa shape index (κ1) is 20.6. The molecular weight excluding hydrogens is 380 g/mol. The molecule has 7 heteroatoms. The van der Waals surface area contributed by atoms with Crippen molar-refractivity contribution in [1.29, 1.82) is 0 Å². The number of piperazine rings is 1. The highest BCUT2D eigenvalue weighted by Crippen LogP contribution is 2.36. The maximum Gasteiger partial charge on any atom is 0.270 e. The van der Waals surface area contributed by atoms with Crippen LogP contribution < -0.4 is 9.64 Å². The van der Waals surface area contributed by atoms with E-state index in [-0.39, 0.29) is 10.6 Å². The highest BCUT2D eigenvalue weighted by Gasteiger charge is 2.28. The predicted octanol–water partition coefficient (Wildman–Crippen LogP) is 3.49. The van der Waals surface area contributed by atoms with Gasteiger partial charge in [-0.25, -0.2) is 0 Å². The Hall–Kier alpha value is -2.64. The summed E-state index contributed by atoms with van der Waals surface area (Å²) in [5, 5.41) is 11.4. The summed E-state index contributed by atoms with van der Waals surface area (Å²) in [5.74, 6) is 0.777. The molecule has 2 aromatic carbocycles. The second-order valence-corrected chi connectivity index (χ2v) is 8.24. The zero-order valence-corrected chi connectivity index (χ0v) is 17.8. The van der Waals surface area contributed by atoms with E-state index in [0.717, 1.165) is 74.7 Å². The van der Waals surface area contributed by atoms with E-state index in [2.05, 4.69) is 21.7 Å². The largest absolute Gasteiger partial charge is 0.497 e. The van der Waals surface area contributed by atoms with Gasteiger partial charge in [0.2, 0.25) is 0 Å². The molecule has 2 saturated heterocycles. The lowest BCUT2D eigenvalue weighted by atomic mass is 9.98. The molecule has 0 spiro atoms. The zero-order valence-electron chi connectivity index (χ0n) is 17.8. The van der Waals surface area contributed by atoms with Crippen molar-refractivity contribution in [3.63, 3.8) is 0 Å². The second kappa shape index (κ2) is 9.02. The number of hydrogen-bond acceptors (Lipinski definition) is 6. The Morgan fingerprint density at radius 1 is 0.967 bits per heavy atom. The van der Waals surface area contributed by atoms with E-state index in [1.165, 1.54) is 0 Å². The highest BCUT2D eigenvalue weighted by atomic mass is 16.6. The van der Waals surface area contributed by atoms with Gasteiger partial charge >= 0.3 is 0 Å². The molecule has 0 aliphatic carbocycles. The van der Waals surface area contributed by atoms with E-state index in [1.54, 1.807) is 19.2 Å². The van der Waals surface area contributed by atoms with Gasteiger partial charge in [0.05, 0.1) is 12.0 Å². The number of likely N-dealkylation sites (N-methyl/N-ethyl adjacent to an activating group) is 1. The maximum absolute atomic E-state index is 11.4. The molecule has 0 aromatic heterocycles. The average molecular weight is 411 g/mol. The standard InChI is InChI=1S/C23H30N4O3/c1-24-13-15-25(16-14-24)19-9-11-26(12-10-19)23-8-5-20(27(28)29)17-22(23)18-3-6-21(30-2)7-4-18/h3-8,17,19H,9-16H2,1-2H3. The summed E-state index contributed by atoms with van der Waals surface area (Å²) in [6.45, 7) is 6.52. The van der Waals surface area contributed by atoms with Crippen LogP contribution in [0.15, 0.2) is 42.5 Å². The van der Waals surface area contributed by atoms with Crippen molar-refractivity contribution in [3.8, 4) is 16.9 Å². The van der Waals surface area contributed by atoms with Crippen LogP contribution >= 0.6 is 0 Å². The Morgan fingerprint density at radius 3 is 2.23 bits per heavy atom. The van der Waals surface area contributed by atoms with Crippen molar-refractivity contribution in [2.24, 2.45) is 0 Å². The second-order valence-electron chi connectivity index (χ2n) is 8.24. The van der Waals surface area contributed by atoms with E-state index >= 15 is 0 Å². The average Bonchev–Trinajstić information content (AvgIpc) is 2.79. The van der Waals surface area contributed by atoms with Gasteiger partial charge < -0.3 is 14.5 Å². The fourth-order valence-corrected chi connectivity index (χ4v) is 4.57. The summed E-state index contributed by atoms with van der Waals surface area (Å²) in [6.07, 6.45) is 2.26. The van der Waals surface area contributed by atoms with E-state index < -0.39 is 0 Å². The molecule has 0 bridgehead atoms. The lowest BCUT2D eigenvalue weighted by Gasteiger charge is -2.43. The minimum atomic E-state index is -0.323. The molecule has 2 aliphatic heterocycles. The van der Waals surface area contributed by atoms with Gasteiger partial charge in [-0.2, -0.15) is 0 Å². The number of non-ortho nitro benzene ring substituents is 1. The topological polar surface area (TPSA) is 62.1 Å². The molecule has 0 saturated carbocycles. The van der Waals surface area contributed by atoms with Gasteiger partial charge in [-0.15, -0.1) is 0 Å². The molecule has 2 aromatic rings. The molecule has 0 amide bonds. The number of ether oxygens (including phenoxy) is 1. The molecule has 7 nitrogen and oxygen atoms in total. The minimum Gasteiger partial charge on any atom is -0.497 e.